The van der Waals surface area contributed by atoms with Crippen LogP contribution in [0.3, 0.4) is 0 Å². The second kappa shape index (κ2) is 8.42. The normalized spacial score (nSPS) is 13.8. The predicted octanol–water partition coefficient (Wildman–Crippen LogP) is 5.45. The van der Waals surface area contributed by atoms with E-state index in [4.69, 9.17) is 0 Å². The van der Waals surface area contributed by atoms with Crippen molar-refractivity contribution in [2.75, 3.05) is 5.32 Å². The predicted molar refractivity (Wildman–Crippen MR) is 124 cm³/mol. The van der Waals surface area contributed by atoms with Crippen LogP contribution in [-0.4, -0.2) is 16.7 Å². The van der Waals surface area contributed by atoms with Crippen molar-refractivity contribution in [1.29, 1.82) is 0 Å². The molecule has 1 aliphatic heterocycles. The highest BCUT2D eigenvalue weighted by molar-refractivity contribution is 6.36. The molecule has 0 aliphatic carbocycles. The molecule has 0 unspecified atom stereocenters. The van der Waals surface area contributed by atoms with E-state index in [-0.39, 0.29) is 12.2 Å². The number of amides is 2. The summed E-state index contributed by atoms with van der Waals surface area (Å²) >= 11 is 0. The van der Waals surface area contributed by atoms with Gasteiger partial charge in [0.25, 0.3) is 11.8 Å². The smallest absolute Gasteiger partial charge is 0.278 e. The van der Waals surface area contributed by atoms with E-state index in [1.807, 2.05) is 64.1 Å². The van der Waals surface area contributed by atoms with Crippen LogP contribution in [0.1, 0.15) is 33.4 Å². The molecule has 0 bridgehead atoms. The first-order valence-electron chi connectivity index (χ1n) is 10.5. The molecule has 1 N–H and O–H groups in total. The number of imide groups is 1. The number of carbonyl (C=O) groups is 2. The summed E-state index contributed by atoms with van der Waals surface area (Å²) in [4.78, 5) is 28.0. The highest BCUT2D eigenvalue weighted by Gasteiger charge is 2.40. The zero-order chi connectivity index (χ0) is 23.0. The van der Waals surface area contributed by atoms with Crippen molar-refractivity contribution in [3.63, 3.8) is 0 Å². The molecule has 3 aromatic carbocycles. The average Bonchev–Trinajstić information content (AvgIpc) is 2.97. The molecule has 32 heavy (non-hydrogen) atoms. The lowest BCUT2D eigenvalue weighted by molar-refractivity contribution is -0.137. The second-order valence-electron chi connectivity index (χ2n) is 8.28. The zero-order valence-electron chi connectivity index (χ0n) is 18.6. The number of carbonyl (C=O) groups excluding carboxylic acids is 2. The molecular formula is C27H25FN2O2. The van der Waals surface area contributed by atoms with Gasteiger partial charge in [0.05, 0.1) is 12.1 Å². The SMILES string of the molecule is Cc1ccc(C2=C(Nc3ccc(C)c(C)c3)C(=O)N(Cc3ccccc3F)C2=O)c(C)c1. The molecule has 3 aromatic rings. The van der Waals surface area contributed by atoms with Gasteiger partial charge in [-0.3, -0.25) is 14.5 Å². The standard InChI is InChI=1S/C27H25FN2O2/c1-16-9-12-22(19(4)13-16)24-25(29-21-11-10-17(2)18(3)14-21)27(32)30(26(24)31)15-20-7-5-6-8-23(20)28/h5-14,29H,15H2,1-4H3. The van der Waals surface area contributed by atoms with Gasteiger partial charge in [0.2, 0.25) is 0 Å². The minimum absolute atomic E-state index is 0.128. The molecule has 0 spiro atoms. The van der Waals surface area contributed by atoms with Gasteiger partial charge in [-0.05, 0) is 68.1 Å². The molecule has 0 atom stereocenters. The third-order valence-electron chi connectivity index (χ3n) is 5.88. The number of halogens is 1. The summed E-state index contributed by atoms with van der Waals surface area (Å²) < 4.78 is 14.3. The highest BCUT2D eigenvalue weighted by Crippen LogP contribution is 2.34. The van der Waals surface area contributed by atoms with Crippen molar-refractivity contribution in [2.24, 2.45) is 0 Å². The van der Waals surface area contributed by atoms with E-state index < -0.39 is 17.6 Å². The fourth-order valence-corrected chi connectivity index (χ4v) is 3.94. The van der Waals surface area contributed by atoms with Crippen molar-refractivity contribution in [3.05, 3.63) is 106 Å². The summed E-state index contributed by atoms with van der Waals surface area (Å²) in [6, 6.07) is 17.7. The van der Waals surface area contributed by atoms with Crippen LogP contribution in [0.25, 0.3) is 5.57 Å². The van der Waals surface area contributed by atoms with Crippen LogP contribution in [0.4, 0.5) is 10.1 Å². The minimum Gasteiger partial charge on any atom is -0.350 e. The first-order valence-corrected chi connectivity index (χ1v) is 10.5. The van der Waals surface area contributed by atoms with Crippen molar-refractivity contribution >= 4 is 23.1 Å². The van der Waals surface area contributed by atoms with Crippen molar-refractivity contribution in [1.82, 2.24) is 4.90 Å². The summed E-state index contributed by atoms with van der Waals surface area (Å²) in [5.74, 6) is -1.35. The molecule has 5 heteroatoms. The van der Waals surface area contributed by atoms with Crippen LogP contribution >= 0.6 is 0 Å². The first-order chi connectivity index (χ1) is 15.3. The molecule has 4 rings (SSSR count). The molecule has 1 aliphatic rings. The Kier molecular flexibility index (Phi) is 5.66. The lowest BCUT2D eigenvalue weighted by atomic mass is 9.97. The van der Waals surface area contributed by atoms with E-state index >= 15 is 0 Å². The Hall–Kier alpha value is -3.73. The van der Waals surface area contributed by atoms with E-state index in [9.17, 15) is 14.0 Å². The number of nitrogens with zero attached hydrogens (tertiary/aromatic N) is 1. The second-order valence-corrected chi connectivity index (χ2v) is 8.28. The van der Waals surface area contributed by atoms with Gasteiger partial charge in [-0.2, -0.15) is 0 Å². The van der Waals surface area contributed by atoms with Gasteiger partial charge in [-0.15, -0.1) is 0 Å². The quantitative estimate of drug-likeness (QED) is 0.550. The van der Waals surface area contributed by atoms with Gasteiger partial charge in [-0.1, -0.05) is 48.0 Å². The maximum Gasteiger partial charge on any atom is 0.278 e. The summed E-state index contributed by atoms with van der Waals surface area (Å²) in [7, 11) is 0. The van der Waals surface area contributed by atoms with Gasteiger partial charge in [0.1, 0.15) is 11.5 Å². The maximum absolute atomic E-state index is 14.3. The van der Waals surface area contributed by atoms with Crippen molar-refractivity contribution in [2.45, 2.75) is 34.2 Å². The summed E-state index contributed by atoms with van der Waals surface area (Å²) in [5.41, 5.74) is 6.39. The van der Waals surface area contributed by atoms with E-state index in [2.05, 4.69) is 5.32 Å². The molecule has 0 aromatic heterocycles. The summed E-state index contributed by atoms with van der Waals surface area (Å²) in [6.07, 6.45) is 0. The Balaban J connectivity index is 1.80. The third-order valence-corrected chi connectivity index (χ3v) is 5.88. The Morgan fingerprint density at radius 2 is 1.56 bits per heavy atom. The monoisotopic (exact) mass is 428 g/mol. The van der Waals surface area contributed by atoms with E-state index in [1.54, 1.807) is 18.2 Å². The number of hydrogen-bond acceptors (Lipinski definition) is 3. The van der Waals surface area contributed by atoms with E-state index in [0.717, 1.165) is 32.8 Å². The number of anilines is 1. The molecule has 162 valence electrons. The zero-order valence-corrected chi connectivity index (χ0v) is 18.6. The topological polar surface area (TPSA) is 49.4 Å². The van der Waals surface area contributed by atoms with Gasteiger partial charge in [-0.25, -0.2) is 4.39 Å². The highest BCUT2D eigenvalue weighted by atomic mass is 19.1. The maximum atomic E-state index is 14.3. The molecule has 0 saturated carbocycles. The molecule has 1 heterocycles. The molecule has 4 nitrogen and oxygen atoms in total. The number of rotatable bonds is 5. The average molecular weight is 429 g/mol. The van der Waals surface area contributed by atoms with Crippen LogP contribution < -0.4 is 5.32 Å². The fraction of sp³-hybridized carbons (Fsp3) is 0.185. The van der Waals surface area contributed by atoms with E-state index in [1.165, 1.54) is 6.07 Å². The lowest BCUT2D eigenvalue weighted by Gasteiger charge is -2.16. The summed E-state index contributed by atoms with van der Waals surface area (Å²) in [5, 5.41) is 3.18. The number of benzene rings is 3. The molecule has 0 radical (unpaired) electrons. The van der Waals surface area contributed by atoms with Crippen molar-refractivity contribution < 1.29 is 14.0 Å². The number of hydrogen-bond donors (Lipinski definition) is 1. The third kappa shape index (κ3) is 3.94. The Morgan fingerprint density at radius 1 is 0.812 bits per heavy atom. The van der Waals surface area contributed by atoms with Gasteiger partial charge in [0.15, 0.2) is 0 Å². The molecule has 0 fully saturated rings. The van der Waals surface area contributed by atoms with Crippen LogP contribution in [0, 0.1) is 33.5 Å². The van der Waals surface area contributed by atoms with Gasteiger partial charge >= 0.3 is 0 Å². The van der Waals surface area contributed by atoms with Crippen LogP contribution in [0.15, 0.2) is 66.4 Å². The first kappa shape index (κ1) is 21.5. The lowest BCUT2D eigenvalue weighted by Crippen LogP contribution is -2.32. The molecular weight excluding hydrogens is 403 g/mol. The largest absolute Gasteiger partial charge is 0.350 e. The molecule has 2 amide bonds. The van der Waals surface area contributed by atoms with Crippen molar-refractivity contribution in [3.8, 4) is 0 Å². The number of nitrogens with one attached hydrogen (secondary N) is 1. The van der Waals surface area contributed by atoms with Crippen LogP contribution in [0.2, 0.25) is 0 Å². The van der Waals surface area contributed by atoms with Gasteiger partial charge in [0, 0.05) is 11.3 Å². The van der Waals surface area contributed by atoms with E-state index in [0.29, 0.717) is 16.7 Å². The summed E-state index contributed by atoms with van der Waals surface area (Å²) in [6.45, 7) is 7.77. The van der Waals surface area contributed by atoms with Gasteiger partial charge < -0.3 is 5.32 Å². The Labute approximate surface area is 187 Å². The minimum atomic E-state index is -0.466. The van der Waals surface area contributed by atoms with Crippen LogP contribution in [-0.2, 0) is 16.1 Å². The fourth-order valence-electron chi connectivity index (χ4n) is 3.94. The van der Waals surface area contributed by atoms with Crippen LogP contribution in [0.5, 0.6) is 0 Å². The molecule has 0 saturated heterocycles. The Morgan fingerprint density at radius 3 is 2.25 bits per heavy atom. The Bertz CT molecular complexity index is 1280. The number of aryl methyl sites for hydroxylation is 4.